The van der Waals surface area contributed by atoms with Crippen molar-refractivity contribution in [2.75, 3.05) is 33.4 Å². The fourth-order valence-corrected chi connectivity index (χ4v) is 2.78. The van der Waals surface area contributed by atoms with E-state index in [0.717, 1.165) is 44.2 Å². The van der Waals surface area contributed by atoms with Gasteiger partial charge in [-0.3, -0.25) is 9.69 Å². The number of hydrogen-bond donors (Lipinski definition) is 0. The monoisotopic (exact) mass is 337 g/mol. The number of ether oxygens (including phenoxy) is 2. The highest BCUT2D eigenvalue weighted by atomic mass is 16.5. The van der Waals surface area contributed by atoms with Crippen LogP contribution in [-0.4, -0.2) is 44.1 Å². The zero-order valence-corrected chi connectivity index (χ0v) is 14.5. The van der Waals surface area contributed by atoms with Crippen LogP contribution in [0.1, 0.15) is 21.5 Å². The summed E-state index contributed by atoms with van der Waals surface area (Å²) in [4.78, 5) is 14.7. The van der Waals surface area contributed by atoms with E-state index in [1.807, 2.05) is 54.6 Å². The Morgan fingerprint density at radius 1 is 1.08 bits per heavy atom. The molecule has 0 N–H and O–H groups in total. The lowest BCUT2D eigenvalue weighted by molar-refractivity contribution is 0.0342. The Kier molecular flexibility index (Phi) is 5.99. The summed E-state index contributed by atoms with van der Waals surface area (Å²) in [6, 6.07) is 15.5. The number of morpholine rings is 1. The van der Waals surface area contributed by atoms with Crippen molar-refractivity contribution < 1.29 is 14.3 Å². The molecule has 0 radical (unpaired) electrons. The number of ketones is 1. The maximum atomic E-state index is 12.3. The summed E-state index contributed by atoms with van der Waals surface area (Å²) in [6.45, 7) is 4.43. The zero-order chi connectivity index (χ0) is 17.5. The van der Waals surface area contributed by atoms with Crippen molar-refractivity contribution >= 4 is 11.9 Å². The molecule has 1 heterocycles. The molecule has 1 aliphatic rings. The summed E-state index contributed by atoms with van der Waals surface area (Å²) < 4.78 is 10.5. The van der Waals surface area contributed by atoms with Gasteiger partial charge in [0.1, 0.15) is 5.75 Å². The molecular weight excluding hydrogens is 314 g/mol. The molecule has 0 atom stereocenters. The Morgan fingerprint density at radius 3 is 2.40 bits per heavy atom. The average molecular weight is 337 g/mol. The fraction of sp³-hybridized carbons (Fsp3) is 0.286. The number of rotatable bonds is 6. The zero-order valence-electron chi connectivity index (χ0n) is 14.5. The Bertz CT molecular complexity index is 714. The van der Waals surface area contributed by atoms with Crippen molar-refractivity contribution in [2.24, 2.45) is 0 Å². The second-order valence-corrected chi connectivity index (χ2v) is 6.06. The van der Waals surface area contributed by atoms with Crippen molar-refractivity contribution in [3.05, 3.63) is 71.3 Å². The first kappa shape index (κ1) is 17.4. The van der Waals surface area contributed by atoms with E-state index in [1.165, 1.54) is 5.56 Å². The molecule has 1 aliphatic heterocycles. The van der Waals surface area contributed by atoms with Crippen molar-refractivity contribution in [3.8, 4) is 5.75 Å². The SMILES string of the molecule is COc1ccc(/C=C/C(=O)c2ccc(CN3CCOCC3)cc2)cc1. The predicted octanol–water partition coefficient (Wildman–Crippen LogP) is 3.42. The van der Waals surface area contributed by atoms with Gasteiger partial charge >= 0.3 is 0 Å². The maximum absolute atomic E-state index is 12.3. The quantitative estimate of drug-likeness (QED) is 0.598. The molecule has 4 heteroatoms. The van der Waals surface area contributed by atoms with Crippen molar-refractivity contribution in [1.82, 2.24) is 4.90 Å². The molecular formula is C21H23NO3. The van der Waals surface area contributed by atoms with E-state index >= 15 is 0 Å². The highest BCUT2D eigenvalue weighted by Gasteiger charge is 2.10. The van der Waals surface area contributed by atoms with Crippen LogP contribution in [0.15, 0.2) is 54.6 Å². The standard InChI is InChI=1S/C21H23NO3/c1-24-20-9-4-17(5-10-20)6-11-21(23)19-7-2-18(3-8-19)16-22-12-14-25-15-13-22/h2-11H,12-16H2,1H3/b11-6+. The first-order valence-electron chi connectivity index (χ1n) is 8.50. The van der Waals surface area contributed by atoms with Crippen LogP contribution in [-0.2, 0) is 11.3 Å². The Hall–Kier alpha value is -2.43. The summed E-state index contributed by atoms with van der Waals surface area (Å²) in [5.41, 5.74) is 2.89. The van der Waals surface area contributed by atoms with Gasteiger partial charge in [0.05, 0.1) is 20.3 Å². The minimum absolute atomic E-state index is 0.00809. The largest absolute Gasteiger partial charge is 0.497 e. The van der Waals surface area contributed by atoms with Crippen LogP contribution in [0.3, 0.4) is 0 Å². The fourth-order valence-electron chi connectivity index (χ4n) is 2.78. The van der Waals surface area contributed by atoms with Crippen LogP contribution < -0.4 is 4.74 Å². The second-order valence-electron chi connectivity index (χ2n) is 6.06. The second kappa shape index (κ2) is 8.60. The number of nitrogens with zero attached hydrogens (tertiary/aromatic N) is 1. The van der Waals surface area contributed by atoms with Gasteiger partial charge in [-0.05, 0) is 29.3 Å². The molecule has 0 aromatic heterocycles. The number of benzene rings is 2. The van der Waals surface area contributed by atoms with Gasteiger partial charge in [0.25, 0.3) is 0 Å². The van der Waals surface area contributed by atoms with Gasteiger partial charge in [0.2, 0.25) is 0 Å². The van der Waals surface area contributed by atoms with E-state index in [2.05, 4.69) is 4.90 Å². The van der Waals surface area contributed by atoms with E-state index in [0.29, 0.717) is 5.56 Å². The van der Waals surface area contributed by atoms with Crippen LogP contribution >= 0.6 is 0 Å². The van der Waals surface area contributed by atoms with Crippen molar-refractivity contribution in [3.63, 3.8) is 0 Å². The Labute approximate surface area is 148 Å². The molecule has 25 heavy (non-hydrogen) atoms. The highest BCUT2D eigenvalue weighted by molar-refractivity contribution is 6.06. The molecule has 0 amide bonds. The first-order valence-corrected chi connectivity index (χ1v) is 8.50. The van der Waals surface area contributed by atoms with Gasteiger partial charge in [-0.15, -0.1) is 0 Å². The molecule has 0 aliphatic carbocycles. The van der Waals surface area contributed by atoms with Crippen molar-refractivity contribution in [1.29, 1.82) is 0 Å². The Morgan fingerprint density at radius 2 is 1.76 bits per heavy atom. The molecule has 0 bridgehead atoms. The molecule has 0 saturated carbocycles. The van der Waals surface area contributed by atoms with E-state index in [4.69, 9.17) is 9.47 Å². The summed E-state index contributed by atoms with van der Waals surface area (Å²) >= 11 is 0. The number of carbonyl (C=O) groups excluding carboxylic acids is 1. The van der Waals surface area contributed by atoms with Gasteiger partial charge < -0.3 is 9.47 Å². The summed E-state index contributed by atoms with van der Waals surface area (Å²) in [6.07, 6.45) is 3.43. The molecule has 1 saturated heterocycles. The molecule has 3 rings (SSSR count). The summed E-state index contributed by atoms with van der Waals surface area (Å²) in [7, 11) is 1.64. The third kappa shape index (κ3) is 5.02. The smallest absolute Gasteiger partial charge is 0.185 e. The molecule has 2 aromatic carbocycles. The van der Waals surface area contributed by atoms with Crippen LogP contribution in [0.2, 0.25) is 0 Å². The maximum Gasteiger partial charge on any atom is 0.185 e. The van der Waals surface area contributed by atoms with Crippen LogP contribution in [0.25, 0.3) is 6.08 Å². The molecule has 130 valence electrons. The minimum atomic E-state index is 0.00809. The molecule has 4 nitrogen and oxygen atoms in total. The number of carbonyl (C=O) groups is 1. The summed E-state index contributed by atoms with van der Waals surface area (Å²) in [5.74, 6) is 0.813. The van der Waals surface area contributed by atoms with Crippen LogP contribution in [0.4, 0.5) is 0 Å². The Balaban J connectivity index is 1.58. The first-order chi connectivity index (χ1) is 12.2. The lowest BCUT2D eigenvalue weighted by Gasteiger charge is -2.26. The van der Waals surface area contributed by atoms with E-state index in [1.54, 1.807) is 13.2 Å². The predicted molar refractivity (Wildman–Crippen MR) is 98.9 cm³/mol. The normalized spacial score (nSPS) is 15.4. The topological polar surface area (TPSA) is 38.8 Å². The highest BCUT2D eigenvalue weighted by Crippen LogP contribution is 2.14. The van der Waals surface area contributed by atoms with Gasteiger partial charge in [0.15, 0.2) is 5.78 Å². The van der Waals surface area contributed by atoms with E-state index in [9.17, 15) is 4.79 Å². The van der Waals surface area contributed by atoms with Gasteiger partial charge in [-0.25, -0.2) is 0 Å². The average Bonchev–Trinajstić information content (AvgIpc) is 2.68. The van der Waals surface area contributed by atoms with Crippen LogP contribution in [0, 0.1) is 0 Å². The van der Waals surface area contributed by atoms with Crippen molar-refractivity contribution in [2.45, 2.75) is 6.54 Å². The molecule has 0 unspecified atom stereocenters. The minimum Gasteiger partial charge on any atom is -0.497 e. The van der Waals surface area contributed by atoms with Gasteiger partial charge in [-0.1, -0.05) is 42.5 Å². The lowest BCUT2D eigenvalue weighted by atomic mass is 10.1. The number of hydrogen-bond acceptors (Lipinski definition) is 4. The number of methoxy groups -OCH3 is 1. The number of allylic oxidation sites excluding steroid dienone is 1. The lowest BCUT2D eigenvalue weighted by Crippen LogP contribution is -2.35. The van der Waals surface area contributed by atoms with E-state index in [-0.39, 0.29) is 5.78 Å². The molecule has 2 aromatic rings. The summed E-state index contributed by atoms with van der Waals surface area (Å²) in [5, 5.41) is 0. The third-order valence-electron chi connectivity index (χ3n) is 4.29. The van der Waals surface area contributed by atoms with Gasteiger partial charge in [-0.2, -0.15) is 0 Å². The third-order valence-corrected chi connectivity index (χ3v) is 4.29. The van der Waals surface area contributed by atoms with E-state index < -0.39 is 0 Å². The molecule has 0 spiro atoms. The molecule has 1 fully saturated rings. The van der Waals surface area contributed by atoms with Gasteiger partial charge in [0, 0.05) is 25.2 Å². The van der Waals surface area contributed by atoms with Crippen LogP contribution in [0.5, 0.6) is 5.75 Å².